The molecule has 0 atom stereocenters. The number of hydrogen-bond acceptors (Lipinski definition) is 4. The van der Waals surface area contributed by atoms with E-state index in [0.29, 0.717) is 17.9 Å². The number of carbonyl (C=O) groups excluding carboxylic acids is 1. The maximum absolute atomic E-state index is 11.3. The van der Waals surface area contributed by atoms with E-state index in [2.05, 4.69) is 4.74 Å². The highest BCUT2D eigenvalue weighted by Gasteiger charge is 2.14. The van der Waals surface area contributed by atoms with Gasteiger partial charge in [0.25, 0.3) is 0 Å². The highest BCUT2D eigenvalue weighted by atomic mass is 16.5. The number of carbonyl (C=O) groups is 1. The summed E-state index contributed by atoms with van der Waals surface area (Å²) < 4.78 is 9.73. The van der Waals surface area contributed by atoms with Crippen LogP contribution in [0.4, 0.5) is 0 Å². The molecular weight excluding hydrogens is 206 g/mol. The molecule has 0 saturated heterocycles. The van der Waals surface area contributed by atoms with Crippen LogP contribution in [0.5, 0.6) is 5.75 Å². The second-order valence-corrected chi connectivity index (χ2v) is 2.69. The van der Waals surface area contributed by atoms with Crippen LogP contribution in [0.25, 0.3) is 0 Å². The van der Waals surface area contributed by atoms with Crippen LogP contribution in [-0.4, -0.2) is 20.2 Å². The maximum Gasteiger partial charge on any atom is 0.341 e. The number of benzene rings is 1. The normalized spacial score (nSPS) is 8.81. The van der Waals surface area contributed by atoms with E-state index in [4.69, 9.17) is 10.5 Å². The zero-order valence-corrected chi connectivity index (χ0v) is 10.2. The summed E-state index contributed by atoms with van der Waals surface area (Å²) in [5.41, 5.74) is 6.69. The molecule has 0 heterocycles. The molecule has 0 bridgehead atoms. The number of para-hydroxylation sites is 1. The van der Waals surface area contributed by atoms with Crippen molar-refractivity contribution < 1.29 is 14.3 Å². The summed E-state index contributed by atoms with van der Waals surface area (Å²) in [5, 5.41) is 0. The SMILES string of the molecule is CC.COC(=O)c1cccc(CN)c1OC. The third-order valence-electron chi connectivity index (χ3n) is 1.93. The highest BCUT2D eigenvalue weighted by Crippen LogP contribution is 2.23. The van der Waals surface area contributed by atoms with E-state index in [-0.39, 0.29) is 0 Å². The summed E-state index contributed by atoms with van der Waals surface area (Å²) in [6.45, 7) is 4.33. The van der Waals surface area contributed by atoms with Crippen molar-refractivity contribution in [1.82, 2.24) is 0 Å². The third-order valence-corrected chi connectivity index (χ3v) is 1.93. The Hall–Kier alpha value is -1.55. The van der Waals surface area contributed by atoms with Crippen LogP contribution in [0.3, 0.4) is 0 Å². The van der Waals surface area contributed by atoms with Crippen LogP contribution in [0.1, 0.15) is 29.8 Å². The molecule has 0 fully saturated rings. The van der Waals surface area contributed by atoms with Crippen molar-refractivity contribution in [1.29, 1.82) is 0 Å². The van der Waals surface area contributed by atoms with Crippen LogP contribution in [0.15, 0.2) is 18.2 Å². The lowest BCUT2D eigenvalue weighted by Gasteiger charge is -2.10. The molecule has 4 nitrogen and oxygen atoms in total. The monoisotopic (exact) mass is 225 g/mol. The summed E-state index contributed by atoms with van der Waals surface area (Å²) in [7, 11) is 2.83. The summed E-state index contributed by atoms with van der Waals surface area (Å²) in [5.74, 6) is 0.0685. The van der Waals surface area contributed by atoms with Crippen LogP contribution in [0, 0.1) is 0 Å². The number of methoxy groups -OCH3 is 2. The zero-order valence-electron chi connectivity index (χ0n) is 10.2. The van der Waals surface area contributed by atoms with E-state index in [1.54, 1.807) is 12.1 Å². The Morgan fingerprint density at radius 1 is 1.31 bits per heavy atom. The molecule has 0 aromatic heterocycles. The Morgan fingerprint density at radius 2 is 1.94 bits per heavy atom. The first kappa shape index (κ1) is 14.5. The van der Waals surface area contributed by atoms with Crippen LogP contribution in [0.2, 0.25) is 0 Å². The fourth-order valence-electron chi connectivity index (χ4n) is 1.26. The van der Waals surface area contributed by atoms with Crippen molar-refractivity contribution in [2.24, 2.45) is 5.73 Å². The Balaban J connectivity index is 0.00000106. The number of esters is 1. The summed E-state index contributed by atoms with van der Waals surface area (Å²) in [4.78, 5) is 11.3. The van der Waals surface area contributed by atoms with Gasteiger partial charge in [0.2, 0.25) is 0 Å². The van der Waals surface area contributed by atoms with E-state index in [0.717, 1.165) is 5.56 Å². The molecule has 0 saturated carbocycles. The Labute approximate surface area is 96.4 Å². The standard InChI is InChI=1S/C10H13NO3.C2H6/c1-13-9-7(6-11)4-3-5-8(9)10(12)14-2;1-2/h3-5H,6,11H2,1-2H3;1-2H3. The molecular formula is C12H19NO3. The molecule has 0 aliphatic rings. The van der Waals surface area contributed by atoms with Gasteiger partial charge in [-0.25, -0.2) is 4.79 Å². The average molecular weight is 225 g/mol. The Kier molecular flexibility index (Phi) is 6.96. The molecule has 0 aliphatic carbocycles. The smallest absolute Gasteiger partial charge is 0.341 e. The van der Waals surface area contributed by atoms with Crippen molar-refractivity contribution in [3.05, 3.63) is 29.3 Å². The minimum Gasteiger partial charge on any atom is -0.496 e. The molecule has 1 aromatic carbocycles. The van der Waals surface area contributed by atoms with E-state index in [9.17, 15) is 4.79 Å². The molecule has 0 amide bonds. The quantitative estimate of drug-likeness (QED) is 0.799. The van der Waals surface area contributed by atoms with E-state index < -0.39 is 5.97 Å². The first-order valence-electron chi connectivity index (χ1n) is 5.18. The Morgan fingerprint density at radius 3 is 2.38 bits per heavy atom. The van der Waals surface area contributed by atoms with Crippen molar-refractivity contribution in [3.63, 3.8) is 0 Å². The first-order valence-corrected chi connectivity index (χ1v) is 5.18. The molecule has 4 heteroatoms. The topological polar surface area (TPSA) is 61.5 Å². The van der Waals surface area contributed by atoms with Crippen molar-refractivity contribution >= 4 is 5.97 Å². The molecule has 0 unspecified atom stereocenters. The van der Waals surface area contributed by atoms with Gasteiger partial charge in [0.05, 0.1) is 14.2 Å². The largest absolute Gasteiger partial charge is 0.496 e. The highest BCUT2D eigenvalue weighted by molar-refractivity contribution is 5.92. The first-order chi connectivity index (χ1) is 7.74. The summed E-state index contributed by atoms with van der Waals surface area (Å²) >= 11 is 0. The molecule has 0 spiro atoms. The maximum atomic E-state index is 11.3. The van der Waals surface area contributed by atoms with Gasteiger partial charge >= 0.3 is 5.97 Å². The molecule has 0 radical (unpaired) electrons. The minimum absolute atomic E-state index is 0.327. The fraction of sp³-hybridized carbons (Fsp3) is 0.417. The number of nitrogens with two attached hydrogens (primary N) is 1. The zero-order chi connectivity index (χ0) is 12.6. The van der Waals surface area contributed by atoms with Gasteiger partial charge in [-0.05, 0) is 6.07 Å². The van der Waals surface area contributed by atoms with Gasteiger partial charge < -0.3 is 15.2 Å². The molecule has 2 N–H and O–H groups in total. The second kappa shape index (κ2) is 7.70. The van der Waals surface area contributed by atoms with Gasteiger partial charge in [-0.3, -0.25) is 0 Å². The van der Waals surface area contributed by atoms with E-state index >= 15 is 0 Å². The van der Waals surface area contributed by atoms with Gasteiger partial charge in [0, 0.05) is 12.1 Å². The lowest BCUT2D eigenvalue weighted by molar-refractivity contribution is 0.0597. The van der Waals surface area contributed by atoms with Crippen LogP contribution < -0.4 is 10.5 Å². The van der Waals surface area contributed by atoms with E-state index in [1.807, 2.05) is 19.9 Å². The van der Waals surface area contributed by atoms with Crippen LogP contribution >= 0.6 is 0 Å². The third kappa shape index (κ3) is 3.24. The van der Waals surface area contributed by atoms with E-state index in [1.165, 1.54) is 14.2 Å². The van der Waals surface area contributed by atoms with Crippen LogP contribution in [-0.2, 0) is 11.3 Å². The van der Waals surface area contributed by atoms with Crippen molar-refractivity contribution in [3.8, 4) is 5.75 Å². The fourth-order valence-corrected chi connectivity index (χ4v) is 1.26. The second-order valence-electron chi connectivity index (χ2n) is 2.69. The summed E-state index contributed by atoms with van der Waals surface area (Å²) in [6.07, 6.45) is 0. The van der Waals surface area contributed by atoms with Crippen molar-refractivity contribution in [2.45, 2.75) is 20.4 Å². The lowest BCUT2D eigenvalue weighted by Crippen LogP contribution is -2.08. The van der Waals surface area contributed by atoms with Gasteiger partial charge in [-0.1, -0.05) is 26.0 Å². The molecule has 1 aromatic rings. The number of rotatable bonds is 3. The van der Waals surface area contributed by atoms with Gasteiger partial charge in [-0.2, -0.15) is 0 Å². The molecule has 90 valence electrons. The number of ether oxygens (including phenoxy) is 2. The molecule has 1 rings (SSSR count). The molecule has 0 aliphatic heterocycles. The van der Waals surface area contributed by atoms with Gasteiger partial charge in [0.15, 0.2) is 0 Å². The number of hydrogen-bond donors (Lipinski definition) is 1. The molecule has 16 heavy (non-hydrogen) atoms. The average Bonchev–Trinajstić information content (AvgIpc) is 2.38. The Bertz CT molecular complexity index is 337. The van der Waals surface area contributed by atoms with Gasteiger partial charge in [-0.15, -0.1) is 0 Å². The van der Waals surface area contributed by atoms with Gasteiger partial charge in [0.1, 0.15) is 11.3 Å². The predicted molar refractivity (Wildman–Crippen MR) is 63.6 cm³/mol. The minimum atomic E-state index is -0.419. The van der Waals surface area contributed by atoms with Crippen molar-refractivity contribution in [2.75, 3.05) is 14.2 Å². The summed E-state index contributed by atoms with van der Waals surface area (Å²) in [6, 6.07) is 5.20. The lowest BCUT2D eigenvalue weighted by atomic mass is 10.1. The predicted octanol–water partition coefficient (Wildman–Crippen LogP) is 1.97.